The maximum absolute atomic E-state index is 12.9. The average Bonchev–Trinajstić information content (AvgIpc) is 3.07. The zero-order valence-electron chi connectivity index (χ0n) is 16.7. The topological polar surface area (TPSA) is 64.0 Å². The Morgan fingerprint density at radius 1 is 0.966 bits per heavy atom. The minimum absolute atomic E-state index is 0.324. The maximum Gasteiger partial charge on any atom is 0.262 e. The summed E-state index contributed by atoms with van der Waals surface area (Å²) >= 11 is 0. The van der Waals surface area contributed by atoms with Crippen LogP contribution in [-0.4, -0.2) is 18.2 Å². The zero-order chi connectivity index (χ0) is 20.6. The number of hydrogen-bond donors (Lipinski definition) is 1. The highest BCUT2D eigenvalue weighted by Crippen LogP contribution is 2.25. The second-order valence-electron chi connectivity index (χ2n) is 7.40. The van der Waals surface area contributed by atoms with Crippen molar-refractivity contribution in [1.29, 1.82) is 0 Å². The summed E-state index contributed by atoms with van der Waals surface area (Å²) in [6.45, 7) is 6.16. The molecule has 4 rings (SSSR count). The number of nitrogens with one attached hydrogen (secondary N) is 1. The van der Waals surface area contributed by atoms with Gasteiger partial charge >= 0.3 is 0 Å². The van der Waals surface area contributed by atoms with Crippen LogP contribution in [0.5, 0.6) is 0 Å². The average molecular weight is 406 g/mol. The maximum atomic E-state index is 12.9. The molecule has 0 unspecified atom stereocenters. The number of aryl methyl sites for hydroxylation is 3. The molecular formula is C23H23N3O2S. The van der Waals surface area contributed by atoms with Crippen LogP contribution in [0, 0.1) is 20.8 Å². The summed E-state index contributed by atoms with van der Waals surface area (Å²) in [7, 11) is -3.69. The van der Waals surface area contributed by atoms with Crippen LogP contribution in [0.15, 0.2) is 71.9 Å². The van der Waals surface area contributed by atoms with Gasteiger partial charge in [0.15, 0.2) is 0 Å². The van der Waals surface area contributed by atoms with Crippen molar-refractivity contribution in [3.05, 3.63) is 89.2 Å². The van der Waals surface area contributed by atoms with E-state index in [-0.39, 0.29) is 0 Å². The van der Waals surface area contributed by atoms with Gasteiger partial charge in [-0.3, -0.25) is 9.40 Å². The van der Waals surface area contributed by atoms with Gasteiger partial charge in [0, 0.05) is 6.20 Å². The van der Waals surface area contributed by atoms with Crippen molar-refractivity contribution >= 4 is 26.5 Å². The monoisotopic (exact) mass is 405 g/mol. The summed E-state index contributed by atoms with van der Waals surface area (Å²) in [5, 5.41) is 6.68. The fourth-order valence-corrected chi connectivity index (χ4v) is 5.39. The first kappa shape index (κ1) is 19.2. The quantitative estimate of drug-likeness (QED) is 0.518. The first-order chi connectivity index (χ1) is 13.8. The molecule has 6 heteroatoms. The van der Waals surface area contributed by atoms with E-state index in [0.717, 1.165) is 22.3 Å². The molecule has 1 N–H and O–H groups in total. The van der Waals surface area contributed by atoms with Gasteiger partial charge in [-0.25, -0.2) is 8.42 Å². The molecule has 0 saturated heterocycles. The summed E-state index contributed by atoms with van der Waals surface area (Å²) in [5.74, 6) is 0. The summed E-state index contributed by atoms with van der Waals surface area (Å²) in [5.41, 5.74) is 4.09. The van der Waals surface area contributed by atoms with Crippen molar-refractivity contribution < 1.29 is 8.42 Å². The molecule has 0 radical (unpaired) electrons. The van der Waals surface area contributed by atoms with Gasteiger partial charge in [0.25, 0.3) is 10.0 Å². The van der Waals surface area contributed by atoms with Crippen LogP contribution in [0.1, 0.15) is 22.3 Å². The van der Waals surface area contributed by atoms with Crippen LogP contribution < -0.4 is 4.72 Å². The Balaban J connectivity index is 1.60. The Morgan fingerprint density at radius 2 is 1.66 bits per heavy atom. The van der Waals surface area contributed by atoms with Gasteiger partial charge in [-0.05, 0) is 48.2 Å². The minimum atomic E-state index is -3.69. The lowest BCUT2D eigenvalue weighted by Crippen LogP contribution is -2.15. The van der Waals surface area contributed by atoms with E-state index in [4.69, 9.17) is 0 Å². The lowest BCUT2D eigenvalue weighted by molar-refractivity contribution is 0.600. The van der Waals surface area contributed by atoms with Crippen molar-refractivity contribution in [2.24, 2.45) is 0 Å². The van der Waals surface area contributed by atoms with Crippen LogP contribution in [0.25, 0.3) is 10.8 Å². The fourth-order valence-electron chi connectivity index (χ4n) is 3.90. The van der Waals surface area contributed by atoms with Crippen molar-refractivity contribution in [3.8, 4) is 0 Å². The Morgan fingerprint density at radius 3 is 2.41 bits per heavy atom. The Kier molecular flexibility index (Phi) is 4.88. The molecule has 0 spiro atoms. The number of benzene rings is 3. The van der Waals surface area contributed by atoms with E-state index in [0.29, 0.717) is 17.1 Å². The minimum Gasteiger partial charge on any atom is -0.276 e. The van der Waals surface area contributed by atoms with Crippen molar-refractivity contribution in [3.63, 3.8) is 0 Å². The van der Waals surface area contributed by atoms with Crippen molar-refractivity contribution in [2.45, 2.75) is 32.2 Å². The van der Waals surface area contributed by atoms with E-state index in [2.05, 4.69) is 34.1 Å². The van der Waals surface area contributed by atoms with Crippen LogP contribution >= 0.6 is 0 Å². The molecule has 0 bridgehead atoms. The molecule has 148 valence electrons. The number of fused-ring (bicyclic) bond motifs is 1. The summed E-state index contributed by atoms with van der Waals surface area (Å²) in [6, 6.07) is 18.1. The molecule has 3 aromatic carbocycles. The predicted molar refractivity (Wildman–Crippen MR) is 117 cm³/mol. The summed E-state index contributed by atoms with van der Waals surface area (Å²) in [6.07, 6.45) is 3.26. The normalized spacial score (nSPS) is 11.7. The van der Waals surface area contributed by atoms with Gasteiger partial charge in [-0.15, -0.1) is 0 Å². The molecule has 0 saturated carbocycles. The molecule has 0 fully saturated rings. The number of sulfonamides is 1. The van der Waals surface area contributed by atoms with Crippen LogP contribution in [0.4, 0.5) is 5.69 Å². The lowest BCUT2D eigenvalue weighted by atomic mass is 10.0. The van der Waals surface area contributed by atoms with Crippen LogP contribution in [0.3, 0.4) is 0 Å². The molecule has 0 aliphatic carbocycles. The van der Waals surface area contributed by atoms with Gasteiger partial charge in [0.05, 0.1) is 23.3 Å². The van der Waals surface area contributed by atoms with Gasteiger partial charge in [-0.1, -0.05) is 60.2 Å². The van der Waals surface area contributed by atoms with Crippen molar-refractivity contribution in [2.75, 3.05) is 4.72 Å². The van der Waals surface area contributed by atoms with Crippen molar-refractivity contribution in [1.82, 2.24) is 9.78 Å². The fraction of sp³-hybridized carbons (Fsp3) is 0.174. The second-order valence-corrected chi connectivity index (χ2v) is 9.02. The van der Waals surface area contributed by atoms with Gasteiger partial charge in [0.2, 0.25) is 0 Å². The SMILES string of the molecule is Cc1cc(C)c(S(=O)(=O)Nc2cnn(Cc3cccc4ccccc34)c2)c(C)c1. The van der Waals surface area contributed by atoms with Gasteiger partial charge < -0.3 is 0 Å². The van der Waals surface area contributed by atoms with E-state index in [1.807, 2.05) is 51.1 Å². The molecule has 0 aliphatic heterocycles. The first-order valence-electron chi connectivity index (χ1n) is 9.43. The van der Waals surface area contributed by atoms with E-state index < -0.39 is 10.0 Å². The third-order valence-electron chi connectivity index (χ3n) is 4.97. The highest BCUT2D eigenvalue weighted by molar-refractivity contribution is 7.92. The van der Waals surface area contributed by atoms with E-state index in [1.54, 1.807) is 17.1 Å². The van der Waals surface area contributed by atoms with E-state index in [9.17, 15) is 8.42 Å². The lowest BCUT2D eigenvalue weighted by Gasteiger charge is -2.12. The summed E-state index contributed by atoms with van der Waals surface area (Å²) < 4.78 is 30.3. The van der Waals surface area contributed by atoms with Crippen LogP contribution in [0.2, 0.25) is 0 Å². The Labute approximate surface area is 171 Å². The van der Waals surface area contributed by atoms with E-state index >= 15 is 0 Å². The number of nitrogens with zero attached hydrogens (tertiary/aromatic N) is 2. The first-order valence-corrected chi connectivity index (χ1v) is 10.9. The molecule has 1 heterocycles. The smallest absolute Gasteiger partial charge is 0.262 e. The number of aromatic nitrogens is 2. The molecular weight excluding hydrogens is 382 g/mol. The predicted octanol–water partition coefficient (Wildman–Crippen LogP) is 4.81. The molecule has 1 aromatic heterocycles. The number of anilines is 1. The van der Waals surface area contributed by atoms with E-state index in [1.165, 1.54) is 10.8 Å². The number of rotatable bonds is 5. The zero-order valence-corrected chi connectivity index (χ0v) is 17.5. The Hall–Kier alpha value is -3.12. The third kappa shape index (κ3) is 3.89. The highest BCUT2D eigenvalue weighted by atomic mass is 32.2. The van der Waals surface area contributed by atoms with Gasteiger partial charge in [-0.2, -0.15) is 5.10 Å². The van der Waals surface area contributed by atoms with Crippen LogP contribution in [-0.2, 0) is 16.6 Å². The third-order valence-corrected chi connectivity index (χ3v) is 6.66. The molecule has 0 aliphatic rings. The number of hydrogen-bond acceptors (Lipinski definition) is 3. The second kappa shape index (κ2) is 7.37. The standard InChI is InChI=1S/C23H23N3O2S/c1-16-11-17(2)23(18(3)12-16)29(27,28)25-21-13-24-26(15-21)14-20-9-6-8-19-7-4-5-10-22(19)20/h4-13,15,25H,14H2,1-3H3. The van der Waals surface area contributed by atoms with Gasteiger partial charge in [0.1, 0.15) is 0 Å². The largest absolute Gasteiger partial charge is 0.276 e. The Bertz CT molecular complexity index is 1280. The summed E-state index contributed by atoms with van der Waals surface area (Å²) in [4.78, 5) is 0.324. The molecule has 5 nitrogen and oxygen atoms in total. The molecule has 0 atom stereocenters. The molecule has 4 aromatic rings. The molecule has 29 heavy (non-hydrogen) atoms. The molecule has 0 amide bonds. The highest BCUT2D eigenvalue weighted by Gasteiger charge is 2.20.